The van der Waals surface area contributed by atoms with Gasteiger partial charge in [0, 0.05) is 62.9 Å². The van der Waals surface area contributed by atoms with E-state index in [1.54, 1.807) is 19.2 Å². The third kappa shape index (κ3) is 7.25. The summed E-state index contributed by atoms with van der Waals surface area (Å²) in [6, 6.07) is 20.6. The van der Waals surface area contributed by atoms with Crippen molar-refractivity contribution >= 4 is 39.1 Å². The third-order valence-electron chi connectivity index (χ3n) is 9.77. The van der Waals surface area contributed by atoms with Gasteiger partial charge in [0.2, 0.25) is 21.8 Å². The predicted molar refractivity (Wildman–Crippen MR) is 182 cm³/mol. The molecule has 0 aromatic heterocycles. The second-order valence-corrected chi connectivity index (χ2v) is 15.2. The molecule has 2 aliphatic heterocycles. The number of rotatable bonds is 8. The van der Waals surface area contributed by atoms with Gasteiger partial charge >= 0.3 is 0 Å². The standard InChI is InChI=1S/C35H42ClN5O4S/c1-39(46(2,44)45)29-15-12-25-8-5-9-33(30(25)22-29)40-16-18-41(19-17-40)35(43)32(20-24-10-13-28(36)14-11-24)38-34(42)31-21-26-6-3-4-7-27(26)23-37-31/h3-11,13-14,29,31-32,37H,12,15-23H2,1-2H3,(H,38,42)/t29?,31-,32-/m1/s1. The average molecular weight is 664 g/mol. The SMILES string of the molecule is CN(C1CCc2cccc(N3CCN(C(=O)[C@@H](Cc4ccc(Cl)cc4)NC(=O)[C@H]4Cc5ccccc5CN4)CC3)c2C1)S(C)(=O)=O. The zero-order valence-corrected chi connectivity index (χ0v) is 28.0. The number of carbonyl (C=O) groups is 2. The molecular formula is C35H42ClN5O4S. The van der Waals surface area contributed by atoms with E-state index in [2.05, 4.69) is 45.9 Å². The number of likely N-dealkylation sites (N-methyl/N-ethyl adjacent to an activating group) is 1. The Bertz CT molecular complexity index is 1690. The van der Waals surface area contributed by atoms with E-state index in [4.69, 9.17) is 11.6 Å². The Kier molecular flexibility index (Phi) is 9.70. The molecule has 2 N–H and O–H groups in total. The number of nitrogens with zero attached hydrogens (tertiary/aromatic N) is 3. The first-order chi connectivity index (χ1) is 22.1. The first-order valence-electron chi connectivity index (χ1n) is 16.0. The Morgan fingerprint density at radius 1 is 0.957 bits per heavy atom. The van der Waals surface area contributed by atoms with Gasteiger partial charge in [-0.1, -0.05) is 60.1 Å². The Morgan fingerprint density at radius 2 is 1.65 bits per heavy atom. The molecule has 1 saturated heterocycles. The van der Waals surface area contributed by atoms with Crippen LogP contribution >= 0.6 is 11.6 Å². The molecule has 0 bridgehead atoms. The molecular weight excluding hydrogens is 622 g/mol. The number of hydrogen-bond donors (Lipinski definition) is 2. The molecule has 0 spiro atoms. The Hall–Kier alpha value is -3.44. The van der Waals surface area contributed by atoms with Crippen molar-refractivity contribution in [1.82, 2.24) is 19.8 Å². The smallest absolute Gasteiger partial charge is 0.245 e. The summed E-state index contributed by atoms with van der Waals surface area (Å²) in [5, 5.41) is 7.06. The van der Waals surface area contributed by atoms with Gasteiger partial charge in [0.05, 0.1) is 12.3 Å². The van der Waals surface area contributed by atoms with Crippen molar-refractivity contribution < 1.29 is 18.0 Å². The summed E-state index contributed by atoms with van der Waals surface area (Å²) >= 11 is 6.12. The topological polar surface area (TPSA) is 102 Å². The number of amides is 2. The third-order valence-corrected chi connectivity index (χ3v) is 11.4. The predicted octanol–water partition coefficient (Wildman–Crippen LogP) is 3.18. The number of nitrogens with one attached hydrogen (secondary N) is 2. The molecule has 1 fully saturated rings. The van der Waals surface area contributed by atoms with Gasteiger partial charge in [-0.2, -0.15) is 0 Å². The van der Waals surface area contributed by atoms with Gasteiger partial charge in [-0.15, -0.1) is 0 Å². The molecule has 3 aromatic carbocycles. The molecule has 2 heterocycles. The molecule has 244 valence electrons. The molecule has 11 heteroatoms. The van der Waals surface area contributed by atoms with E-state index >= 15 is 0 Å². The quantitative estimate of drug-likeness (QED) is 0.384. The van der Waals surface area contributed by atoms with E-state index in [1.807, 2.05) is 29.2 Å². The highest BCUT2D eigenvalue weighted by atomic mass is 35.5. The van der Waals surface area contributed by atoms with Gasteiger partial charge in [0.25, 0.3) is 0 Å². The number of carbonyl (C=O) groups excluding carboxylic acids is 2. The fraction of sp³-hybridized carbons (Fsp3) is 0.429. The molecule has 46 heavy (non-hydrogen) atoms. The Morgan fingerprint density at radius 3 is 2.37 bits per heavy atom. The summed E-state index contributed by atoms with van der Waals surface area (Å²) in [4.78, 5) is 31.8. The van der Waals surface area contributed by atoms with E-state index in [-0.39, 0.29) is 17.9 Å². The minimum Gasteiger partial charge on any atom is -0.368 e. The number of piperazine rings is 1. The van der Waals surface area contributed by atoms with Crippen LogP contribution < -0.4 is 15.5 Å². The molecule has 0 saturated carbocycles. The van der Waals surface area contributed by atoms with Crippen LogP contribution in [0.2, 0.25) is 5.02 Å². The van der Waals surface area contributed by atoms with Crippen LogP contribution in [0.25, 0.3) is 0 Å². The van der Waals surface area contributed by atoms with Crippen molar-refractivity contribution in [2.75, 3.05) is 44.4 Å². The Labute approximate surface area is 276 Å². The van der Waals surface area contributed by atoms with Crippen LogP contribution in [0.15, 0.2) is 66.7 Å². The van der Waals surface area contributed by atoms with Crippen molar-refractivity contribution in [2.45, 2.75) is 56.8 Å². The van der Waals surface area contributed by atoms with Crippen molar-refractivity contribution in [3.63, 3.8) is 0 Å². The normalized spacial score (nSPS) is 20.5. The molecule has 6 rings (SSSR count). The van der Waals surface area contributed by atoms with Crippen LogP contribution in [0.4, 0.5) is 5.69 Å². The van der Waals surface area contributed by atoms with Gasteiger partial charge in [0.1, 0.15) is 6.04 Å². The summed E-state index contributed by atoms with van der Waals surface area (Å²) < 4.78 is 26.0. The van der Waals surface area contributed by atoms with E-state index < -0.39 is 22.1 Å². The highest BCUT2D eigenvalue weighted by molar-refractivity contribution is 7.88. The molecule has 0 radical (unpaired) electrons. The largest absolute Gasteiger partial charge is 0.368 e. The number of benzene rings is 3. The van der Waals surface area contributed by atoms with E-state index in [1.165, 1.54) is 27.3 Å². The first kappa shape index (κ1) is 32.5. The van der Waals surface area contributed by atoms with Crippen molar-refractivity contribution in [1.29, 1.82) is 0 Å². The minimum absolute atomic E-state index is 0.0733. The number of anilines is 1. The molecule has 3 aliphatic rings. The van der Waals surface area contributed by atoms with Crippen molar-refractivity contribution in [3.05, 3.63) is 99.6 Å². The summed E-state index contributed by atoms with van der Waals surface area (Å²) in [6.45, 7) is 2.96. The van der Waals surface area contributed by atoms with Gasteiger partial charge in [-0.25, -0.2) is 12.7 Å². The Balaban J connectivity index is 1.14. The first-order valence-corrected chi connectivity index (χ1v) is 18.2. The van der Waals surface area contributed by atoms with Crippen LogP contribution in [0.1, 0.15) is 34.2 Å². The fourth-order valence-corrected chi connectivity index (χ4v) is 7.83. The van der Waals surface area contributed by atoms with E-state index in [0.717, 1.165) is 29.7 Å². The zero-order valence-electron chi connectivity index (χ0n) is 26.4. The van der Waals surface area contributed by atoms with Gasteiger partial charge in [-0.3, -0.25) is 9.59 Å². The number of aryl methyl sites for hydroxylation is 1. The van der Waals surface area contributed by atoms with E-state index in [0.29, 0.717) is 57.0 Å². The van der Waals surface area contributed by atoms with Crippen LogP contribution in [0.3, 0.4) is 0 Å². The van der Waals surface area contributed by atoms with Crippen LogP contribution in [0.5, 0.6) is 0 Å². The minimum atomic E-state index is -3.29. The maximum absolute atomic E-state index is 14.1. The maximum Gasteiger partial charge on any atom is 0.245 e. The highest BCUT2D eigenvalue weighted by Crippen LogP contribution is 2.33. The molecule has 9 nitrogen and oxygen atoms in total. The summed E-state index contributed by atoms with van der Waals surface area (Å²) in [5.74, 6) is -0.269. The van der Waals surface area contributed by atoms with Crippen LogP contribution in [0, 0.1) is 0 Å². The molecule has 1 unspecified atom stereocenters. The number of sulfonamides is 1. The average Bonchev–Trinajstić information content (AvgIpc) is 3.07. The second kappa shape index (κ2) is 13.7. The highest BCUT2D eigenvalue weighted by Gasteiger charge is 2.34. The van der Waals surface area contributed by atoms with Gasteiger partial charge in [-0.05, 0) is 71.7 Å². The van der Waals surface area contributed by atoms with Crippen LogP contribution in [-0.4, -0.2) is 87.0 Å². The molecule has 1 aliphatic carbocycles. The molecule has 3 aromatic rings. The summed E-state index contributed by atoms with van der Waals surface area (Å²) in [7, 11) is -1.62. The summed E-state index contributed by atoms with van der Waals surface area (Å²) in [5.41, 5.74) is 6.84. The lowest BCUT2D eigenvalue weighted by Gasteiger charge is -2.40. The maximum atomic E-state index is 14.1. The number of halogens is 1. The summed E-state index contributed by atoms with van der Waals surface area (Å²) in [6.07, 6.45) is 4.50. The molecule has 3 atom stereocenters. The number of fused-ring (bicyclic) bond motifs is 2. The van der Waals surface area contributed by atoms with Crippen molar-refractivity contribution in [2.24, 2.45) is 0 Å². The lowest BCUT2D eigenvalue weighted by Crippen LogP contribution is -2.58. The lowest BCUT2D eigenvalue weighted by molar-refractivity contribution is -0.137. The van der Waals surface area contributed by atoms with E-state index in [9.17, 15) is 18.0 Å². The monoisotopic (exact) mass is 663 g/mol. The second-order valence-electron chi connectivity index (χ2n) is 12.7. The lowest BCUT2D eigenvalue weighted by atomic mass is 9.86. The zero-order chi connectivity index (χ0) is 32.4. The fourth-order valence-electron chi connectivity index (χ4n) is 6.98. The molecule has 2 amide bonds. The number of hydrogen-bond acceptors (Lipinski definition) is 6. The van der Waals surface area contributed by atoms with Gasteiger partial charge < -0.3 is 20.4 Å². The van der Waals surface area contributed by atoms with Crippen LogP contribution in [-0.2, 0) is 51.8 Å². The van der Waals surface area contributed by atoms with Gasteiger partial charge in [0.15, 0.2) is 0 Å². The van der Waals surface area contributed by atoms with Crippen molar-refractivity contribution in [3.8, 4) is 0 Å².